The first kappa shape index (κ1) is 43.9. The lowest BCUT2D eigenvalue weighted by molar-refractivity contribution is -0.124. The number of nitrogens with two attached hydrogens (primary N) is 1. The molecule has 0 bridgehead atoms. The quantitative estimate of drug-likeness (QED) is 0.0270. The van der Waals surface area contributed by atoms with Gasteiger partial charge >= 0.3 is 7.82 Å². The highest BCUT2D eigenvalue weighted by atomic mass is 31.2. The van der Waals surface area contributed by atoms with Crippen LogP contribution >= 0.6 is 7.82 Å². The van der Waals surface area contributed by atoms with Gasteiger partial charge in [0, 0.05) is 6.54 Å². The summed E-state index contributed by atoms with van der Waals surface area (Å²) in [6.45, 7) is 3.87. The van der Waals surface area contributed by atoms with E-state index in [0.717, 1.165) is 44.9 Å². The van der Waals surface area contributed by atoms with Crippen LogP contribution < -0.4 is 11.1 Å². The molecular weight excluding hydrogens is 591 g/mol. The Morgan fingerprint density at radius 3 is 1.84 bits per heavy atom. The van der Waals surface area contributed by atoms with E-state index >= 15 is 0 Å². The van der Waals surface area contributed by atoms with Crippen molar-refractivity contribution in [2.45, 2.75) is 173 Å². The average Bonchev–Trinajstić information content (AvgIpc) is 3.01. The lowest BCUT2D eigenvalue weighted by Crippen LogP contribution is -2.46. The minimum atomic E-state index is -4.39. The summed E-state index contributed by atoms with van der Waals surface area (Å²) < 4.78 is 21.9. The highest BCUT2D eigenvalue weighted by Gasteiger charge is 2.27. The molecule has 4 unspecified atom stereocenters. The average molecular weight is 661 g/mol. The van der Waals surface area contributed by atoms with Crippen molar-refractivity contribution in [1.82, 2.24) is 5.32 Å². The third-order valence-corrected chi connectivity index (χ3v) is 8.81. The normalized spacial score (nSPS) is 15.4. The summed E-state index contributed by atoms with van der Waals surface area (Å²) >= 11 is 0. The molecule has 4 atom stereocenters. The van der Waals surface area contributed by atoms with Gasteiger partial charge in [0.15, 0.2) is 0 Å². The van der Waals surface area contributed by atoms with Gasteiger partial charge in [-0.1, -0.05) is 134 Å². The molecule has 10 heteroatoms. The smallest absolute Gasteiger partial charge is 0.393 e. The number of aliphatic hydroxyl groups excluding tert-OH is 2. The Balaban J connectivity index is 4.48. The van der Waals surface area contributed by atoms with Crippen molar-refractivity contribution < 1.29 is 33.5 Å². The molecule has 0 aliphatic rings. The number of carbonyl (C=O) groups excluding carboxylic acids is 1. The minimum absolute atomic E-state index is 0.0473. The lowest BCUT2D eigenvalue weighted by atomic mass is 10.0. The largest absolute Gasteiger partial charge is 0.472 e. The second-order valence-electron chi connectivity index (χ2n) is 12.3. The zero-order valence-electron chi connectivity index (χ0n) is 28.7. The third kappa shape index (κ3) is 30.0. The maximum absolute atomic E-state index is 12.7. The predicted molar refractivity (Wildman–Crippen MR) is 186 cm³/mol. The van der Waals surface area contributed by atoms with Crippen LogP contribution in [0.25, 0.3) is 0 Å². The van der Waals surface area contributed by atoms with Gasteiger partial charge in [-0.15, -0.1) is 0 Å². The number of carbonyl (C=O) groups is 1. The molecule has 0 aliphatic heterocycles. The highest BCUT2D eigenvalue weighted by Crippen LogP contribution is 2.43. The molecule has 6 N–H and O–H groups in total. The van der Waals surface area contributed by atoms with Crippen LogP contribution in [0, 0.1) is 0 Å². The van der Waals surface area contributed by atoms with Gasteiger partial charge in [0.2, 0.25) is 5.91 Å². The number of amides is 1. The second-order valence-corrected chi connectivity index (χ2v) is 13.7. The van der Waals surface area contributed by atoms with Gasteiger partial charge < -0.3 is 26.2 Å². The fraction of sp³-hybridized carbons (Fsp3) is 0.857. The van der Waals surface area contributed by atoms with E-state index < -0.39 is 38.6 Å². The molecule has 266 valence electrons. The van der Waals surface area contributed by atoms with Crippen molar-refractivity contribution in [1.29, 1.82) is 0 Å². The standard InChI is InChI=1S/C35H69N2O7P/c1-3-5-7-9-11-13-14-15-16-17-18-19-21-23-25-27-34(39)33(31-44-45(41,42)43-29-28-36)37-35(40)30-32(38)26-24-22-20-12-10-8-6-4-2/h10,12,25,27,32-34,38-39H,3-9,11,13-24,26,28-31,36H2,1-2H3,(H,37,40)(H,41,42)/b12-10-,27-25+. The van der Waals surface area contributed by atoms with E-state index in [4.69, 9.17) is 14.8 Å². The number of phosphoric acid groups is 1. The van der Waals surface area contributed by atoms with Gasteiger partial charge in [0.1, 0.15) is 0 Å². The first-order valence-electron chi connectivity index (χ1n) is 18.0. The van der Waals surface area contributed by atoms with Crippen LogP contribution in [-0.2, 0) is 18.4 Å². The van der Waals surface area contributed by atoms with Crippen LogP contribution in [0.2, 0.25) is 0 Å². The Morgan fingerprint density at radius 2 is 1.27 bits per heavy atom. The van der Waals surface area contributed by atoms with Crippen LogP contribution in [0.5, 0.6) is 0 Å². The highest BCUT2D eigenvalue weighted by molar-refractivity contribution is 7.47. The summed E-state index contributed by atoms with van der Waals surface area (Å²) in [6.07, 6.45) is 29.9. The molecule has 0 saturated heterocycles. The maximum atomic E-state index is 12.7. The predicted octanol–water partition coefficient (Wildman–Crippen LogP) is 8.02. The van der Waals surface area contributed by atoms with Gasteiger partial charge in [-0.05, 0) is 38.5 Å². The van der Waals surface area contributed by atoms with Crippen molar-refractivity contribution >= 4 is 13.7 Å². The third-order valence-electron chi connectivity index (χ3n) is 7.83. The Kier molecular flexibility index (Phi) is 30.8. The van der Waals surface area contributed by atoms with Gasteiger partial charge in [-0.25, -0.2) is 4.57 Å². The molecule has 0 fully saturated rings. The minimum Gasteiger partial charge on any atom is -0.393 e. The van der Waals surface area contributed by atoms with E-state index in [0.29, 0.717) is 6.42 Å². The van der Waals surface area contributed by atoms with E-state index in [2.05, 4.69) is 31.3 Å². The molecule has 0 spiro atoms. The molecule has 0 rings (SSSR count). The van der Waals surface area contributed by atoms with Crippen molar-refractivity contribution in [3.63, 3.8) is 0 Å². The number of aliphatic hydroxyl groups is 2. The summed E-state index contributed by atoms with van der Waals surface area (Å²) in [5.74, 6) is -0.463. The molecule has 0 aromatic heterocycles. The molecule has 0 saturated carbocycles. The van der Waals surface area contributed by atoms with Gasteiger partial charge in [-0.2, -0.15) is 0 Å². The van der Waals surface area contributed by atoms with E-state index in [1.807, 2.05) is 6.08 Å². The fourth-order valence-corrected chi connectivity index (χ4v) is 5.80. The zero-order chi connectivity index (χ0) is 33.4. The van der Waals surface area contributed by atoms with E-state index in [-0.39, 0.29) is 19.6 Å². The Labute approximate surface area is 275 Å². The lowest BCUT2D eigenvalue weighted by Gasteiger charge is -2.24. The van der Waals surface area contributed by atoms with Crippen LogP contribution in [0.15, 0.2) is 24.3 Å². The number of rotatable bonds is 33. The summed E-state index contributed by atoms with van der Waals surface area (Å²) in [4.78, 5) is 22.5. The molecule has 0 aromatic carbocycles. The summed E-state index contributed by atoms with van der Waals surface area (Å²) in [5, 5.41) is 23.8. The van der Waals surface area contributed by atoms with Gasteiger partial charge in [0.05, 0.1) is 37.9 Å². The topological polar surface area (TPSA) is 151 Å². The number of hydrogen-bond acceptors (Lipinski definition) is 7. The monoisotopic (exact) mass is 660 g/mol. The first-order valence-corrected chi connectivity index (χ1v) is 19.5. The molecule has 0 radical (unpaired) electrons. The molecule has 0 aromatic rings. The maximum Gasteiger partial charge on any atom is 0.472 e. The Bertz CT molecular complexity index is 781. The van der Waals surface area contributed by atoms with Crippen molar-refractivity contribution in [3.8, 4) is 0 Å². The van der Waals surface area contributed by atoms with E-state index in [9.17, 15) is 24.5 Å². The van der Waals surface area contributed by atoms with Crippen molar-refractivity contribution in [2.75, 3.05) is 19.8 Å². The Morgan fingerprint density at radius 1 is 0.756 bits per heavy atom. The SMILES string of the molecule is CCCC/C=C\CCCCC(O)CC(=O)NC(COP(=O)(O)OCCN)C(O)/C=C/CCCCCCCCCCCCCCC. The Hall–Kier alpha value is -1.06. The summed E-state index contributed by atoms with van der Waals surface area (Å²) in [5.41, 5.74) is 5.33. The van der Waals surface area contributed by atoms with E-state index in [1.165, 1.54) is 83.5 Å². The number of unbranched alkanes of at least 4 members (excludes halogenated alkanes) is 17. The van der Waals surface area contributed by atoms with Gasteiger partial charge in [-0.3, -0.25) is 13.8 Å². The van der Waals surface area contributed by atoms with Gasteiger partial charge in [0.25, 0.3) is 0 Å². The van der Waals surface area contributed by atoms with Crippen molar-refractivity contribution in [2.24, 2.45) is 5.73 Å². The number of allylic oxidation sites excluding steroid dienone is 3. The van der Waals surface area contributed by atoms with Crippen LogP contribution in [-0.4, -0.2) is 59.0 Å². The molecule has 1 amide bonds. The zero-order valence-corrected chi connectivity index (χ0v) is 29.6. The van der Waals surface area contributed by atoms with E-state index in [1.54, 1.807) is 6.08 Å². The van der Waals surface area contributed by atoms with Crippen molar-refractivity contribution in [3.05, 3.63) is 24.3 Å². The number of hydrogen-bond donors (Lipinski definition) is 5. The summed E-state index contributed by atoms with van der Waals surface area (Å²) in [7, 11) is -4.39. The summed E-state index contributed by atoms with van der Waals surface area (Å²) in [6, 6.07) is -0.984. The number of nitrogens with one attached hydrogen (secondary N) is 1. The molecule has 9 nitrogen and oxygen atoms in total. The molecular formula is C35H69N2O7P. The molecule has 45 heavy (non-hydrogen) atoms. The van der Waals surface area contributed by atoms with Crippen LogP contribution in [0.4, 0.5) is 0 Å². The fourth-order valence-electron chi connectivity index (χ4n) is 5.04. The molecule has 0 heterocycles. The molecule has 0 aliphatic carbocycles. The van der Waals surface area contributed by atoms with Crippen LogP contribution in [0.1, 0.15) is 155 Å². The number of phosphoric ester groups is 1. The first-order chi connectivity index (χ1) is 21.8. The second kappa shape index (κ2) is 31.5. The van der Waals surface area contributed by atoms with Crippen LogP contribution in [0.3, 0.4) is 0 Å².